The van der Waals surface area contributed by atoms with Crippen molar-refractivity contribution in [2.75, 3.05) is 10.8 Å². The molecule has 0 aliphatic heterocycles. The van der Waals surface area contributed by atoms with Gasteiger partial charge in [-0.05, 0) is 55.5 Å². The molecule has 7 nitrogen and oxygen atoms in total. The second-order valence-electron chi connectivity index (χ2n) is 6.65. The number of amides is 1. The fourth-order valence-corrected chi connectivity index (χ4v) is 4.12. The van der Waals surface area contributed by atoms with E-state index in [1.54, 1.807) is 30.3 Å². The normalized spacial score (nSPS) is 11.4. The zero-order valence-corrected chi connectivity index (χ0v) is 17.4. The monoisotopic (exact) mass is 441 g/mol. The van der Waals surface area contributed by atoms with Crippen LogP contribution < -0.4 is 9.73 Å². The van der Waals surface area contributed by atoms with Crippen LogP contribution in [0.15, 0.2) is 82.8 Å². The predicted molar refractivity (Wildman–Crippen MR) is 116 cm³/mol. The molecule has 3 aromatic rings. The highest BCUT2D eigenvalue weighted by molar-refractivity contribution is 7.92. The SMILES string of the molecule is Cc1ccc(S(=O)(=O)N(CC(=O)N/N=C\c2ccccc2O)c2ccc(F)cc2)cc1. The summed E-state index contributed by atoms with van der Waals surface area (Å²) in [6, 6.07) is 17.3. The van der Waals surface area contributed by atoms with Gasteiger partial charge in [0.05, 0.1) is 16.8 Å². The molecule has 0 atom stereocenters. The van der Waals surface area contributed by atoms with E-state index in [9.17, 15) is 22.7 Å². The van der Waals surface area contributed by atoms with Gasteiger partial charge in [0.15, 0.2) is 0 Å². The number of sulfonamides is 1. The van der Waals surface area contributed by atoms with Crippen molar-refractivity contribution in [3.63, 3.8) is 0 Å². The van der Waals surface area contributed by atoms with Gasteiger partial charge in [-0.2, -0.15) is 5.10 Å². The Labute approximate surface area is 179 Å². The van der Waals surface area contributed by atoms with Crippen LogP contribution in [-0.2, 0) is 14.8 Å². The highest BCUT2D eigenvalue weighted by Crippen LogP contribution is 2.24. The molecule has 0 aliphatic rings. The molecule has 0 bridgehead atoms. The largest absolute Gasteiger partial charge is 0.507 e. The Kier molecular flexibility index (Phi) is 6.66. The van der Waals surface area contributed by atoms with E-state index in [-0.39, 0.29) is 16.3 Å². The zero-order chi connectivity index (χ0) is 22.4. The topological polar surface area (TPSA) is 99.1 Å². The lowest BCUT2D eigenvalue weighted by Gasteiger charge is -2.23. The molecular formula is C22H20FN3O4S. The third-order valence-corrected chi connectivity index (χ3v) is 6.13. The average molecular weight is 441 g/mol. The Balaban J connectivity index is 1.84. The molecule has 0 aromatic heterocycles. The fraction of sp³-hybridized carbons (Fsp3) is 0.0909. The number of nitrogens with one attached hydrogen (secondary N) is 1. The van der Waals surface area contributed by atoms with Gasteiger partial charge >= 0.3 is 0 Å². The van der Waals surface area contributed by atoms with E-state index in [1.165, 1.54) is 36.5 Å². The summed E-state index contributed by atoms with van der Waals surface area (Å²) in [5.74, 6) is -1.27. The van der Waals surface area contributed by atoms with Crippen molar-refractivity contribution in [1.82, 2.24) is 5.43 Å². The van der Waals surface area contributed by atoms with E-state index >= 15 is 0 Å². The minimum atomic E-state index is -4.10. The van der Waals surface area contributed by atoms with Gasteiger partial charge < -0.3 is 5.11 Å². The molecule has 0 saturated heterocycles. The molecule has 1 amide bonds. The van der Waals surface area contributed by atoms with Crippen LogP contribution in [0.25, 0.3) is 0 Å². The van der Waals surface area contributed by atoms with Crippen LogP contribution in [0, 0.1) is 12.7 Å². The lowest BCUT2D eigenvalue weighted by atomic mass is 10.2. The summed E-state index contributed by atoms with van der Waals surface area (Å²) in [5, 5.41) is 13.5. The number of para-hydroxylation sites is 1. The standard InChI is InChI=1S/C22H20FN3O4S/c1-16-6-12-20(13-7-16)31(29,30)26(19-10-8-18(23)9-11-19)15-22(28)25-24-14-17-4-2-3-5-21(17)27/h2-14,27H,15H2,1H3,(H,25,28)/b24-14-. The van der Waals surface area contributed by atoms with Gasteiger partial charge in [-0.3, -0.25) is 9.10 Å². The van der Waals surface area contributed by atoms with Crippen molar-refractivity contribution in [3.8, 4) is 5.75 Å². The van der Waals surface area contributed by atoms with Crippen molar-refractivity contribution in [2.24, 2.45) is 5.10 Å². The number of carbonyl (C=O) groups is 1. The highest BCUT2D eigenvalue weighted by atomic mass is 32.2. The number of phenolic OH excluding ortho intramolecular Hbond substituents is 1. The van der Waals surface area contributed by atoms with Gasteiger partial charge in [-0.25, -0.2) is 18.2 Å². The molecule has 3 aromatic carbocycles. The van der Waals surface area contributed by atoms with Gasteiger partial charge in [-0.15, -0.1) is 0 Å². The first-order valence-electron chi connectivity index (χ1n) is 9.22. The first-order valence-corrected chi connectivity index (χ1v) is 10.7. The molecule has 0 unspecified atom stereocenters. The van der Waals surface area contributed by atoms with Crippen LogP contribution in [0.2, 0.25) is 0 Å². The van der Waals surface area contributed by atoms with E-state index in [2.05, 4.69) is 10.5 Å². The number of phenols is 1. The Hall–Kier alpha value is -3.72. The van der Waals surface area contributed by atoms with E-state index in [1.807, 2.05) is 6.92 Å². The maximum absolute atomic E-state index is 13.4. The molecule has 0 fully saturated rings. The van der Waals surface area contributed by atoms with Crippen LogP contribution in [0.5, 0.6) is 5.75 Å². The molecular weight excluding hydrogens is 421 g/mol. The van der Waals surface area contributed by atoms with Crippen molar-refractivity contribution in [2.45, 2.75) is 11.8 Å². The van der Waals surface area contributed by atoms with Crippen molar-refractivity contribution in [3.05, 3.63) is 89.7 Å². The number of nitrogens with zero attached hydrogens (tertiary/aromatic N) is 2. The first-order chi connectivity index (χ1) is 14.8. The van der Waals surface area contributed by atoms with Crippen molar-refractivity contribution in [1.29, 1.82) is 0 Å². The number of aromatic hydroxyl groups is 1. The summed E-state index contributed by atoms with van der Waals surface area (Å²) in [6.07, 6.45) is 1.24. The fourth-order valence-electron chi connectivity index (χ4n) is 2.70. The average Bonchev–Trinajstić information content (AvgIpc) is 2.74. The lowest BCUT2D eigenvalue weighted by molar-refractivity contribution is -0.119. The number of hydrazone groups is 1. The molecule has 2 N–H and O–H groups in total. The van der Waals surface area contributed by atoms with Gasteiger partial charge in [0.1, 0.15) is 18.1 Å². The third-order valence-electron chi connectivity index (χ3n) is 4.34. The Morgan fingerprint density at radius 3 is 2.35 bits per heavy atom. The van der Waals surface area contributed by atoms with Gasteiger partial charge in [0, 0.05) is 5.56 Å². The molecule has 31 heavy (non-hydrogen) atoms. The van der Waals surface area contributed by atoms with Crippen LogP contribution in [-0.4, -0.2) is 32.2 Å². The number of hydrogen-bond acceptors (Lipinski definition) is 5. The summed E-state index contributed by atoms with van der Waals surface area (Å²) in [6.45, 7) is 1.24. The summed E-state index contributed by atoms with van der Waals surface area (Å²) in [5.41, 5.74) is 3.63. The molecule has 0 saturated carbocycles. The number of hydrogen-bond donors (Lipinski definition) is 2. The highest BCUT2D eigenvalue weighted by Gasteiger charge is 2.27. The number of aryl methyl sites for hydroxylation is 1. The molecule has 3 rings (SSSR count). The lowest BCUT2D eigenvalue weighted by Crippen LogP contribution is -2.39. The van der Waals surface area contributed by atoms with Crippen LogP contribution in [0.4, 0.5) is 10.1 Å². The maximum Gasteiger partial charge on any atom is 0.264 e. The molecule has 0 spiro atoms. The first kappa shape index (κ1) is 22.0. The minimum absolute atomic E-state index is 0.00654. The minimum Gasteiger partial charge on any atom is -0.507 e. The molecule has 0 radical (unpaired) electrons. The number of carbonyl (C=O) groups excluding carboxylic acids is 1. The van der Waals surface area contributed by atoms with E-state index in [0.717, 1.165) is 22.0 Å². The predicted octanol–water partition coefficient (Wildman–Crippen LogP) is 3.19. The van der Waals surface area contributed by atoms with Gasteiger partial charge in [0.25, 0.3) is 15.9 Å². The van der Waals surface area contributed by atoms with Crippen LogP contribution >= 0.6 is 0 Å². The third kappa shape index (κ3) is 5.46. The van der Waals surface area contributed by atoms with Crippen LogP contribution in [0.3, 0.4) is 0 Å². The van der Waals surface area contributed by atoms with E-state index in [0.29, 0.717) is 5.56 Å². The second kappa shape index (κ2) is 9.40. The van der Waals surface area contributed by atoms with E-state index in [4.69, 9.17) is 0 Å². The Morgan fingerprint density at radius 2 is 1.71 bits per heavy atom. The molecule has 9 heteroatoms. The summed E-state index contributed by atoms with van der Waals surface area (Å²) in [7, 11) is -4.10. The second-order valence-corrected chi connectivity index (χ2v) is 8.52. The van der Waals surface area contributed by atoms with Gasteiger partial charge in [-0.1, -0.05) is 29.8 Å². The molecule has 0 heterocycles. The van der Waals surface area contributed by atoms with Crippen molar-refractivity contribution >= 4 is 27.8 Å². The zero-order valence-electron chi connectivity index (χ0n) is 16.6. The Bertz CT molecular complexity index is 1190. The molecule has 0 aliphatic carbocycles. The summed E-state index contributed by atoms with van der Waals surface area (Å²) >= 11 is 0. The van der Waals surface area contributed by atoms with Crippen molar-refractivity contribution < 1.29 is 22.7 Å². The summed E-state index contributed by atoms with van der Waals surface area (Å²) in [4.78, 5) is 12.4. The molecule has 160 valence electrons. The van der Waals surface area contributed by atoms with Gasteiger partial charge in [0.2, 0.25) is 0 Å². The number of anilines is 1. The number of halogens is 1. The quantitative estimate of drug-likeness (QED) is 0.435. The van der Waals surface area contributed by atoms with Crippen LogP contribution in [0.1, 0.15) is 11.1 Å². The Morgan fingerprint density at radius 1 is 1.06 bits per heavy atom. The maximum atomic E-state index is 13.4. The number of rotatable bonds is 7. The van der Waals surface area contributed by atoms with E-state index < -0.39 is 28.3 Å². The number of benzene rings is 3. The summed E-state index contributed by atoms with van der Waals surface area (Å²) < 4.78 is 40.6. The smallest absolute Gasteiger partial charge is 0.264 e.